The van der Waals surface area contributed by atoms with Gasteiger partial charge < -0.3 is 10.1 Å². The number of ketones is 1. The number of benzene rings is 1. The fourth-order valence-corrected chi connectivity index (χ4v) is 2.88. The number of carbonyl (C=O) groups excluding carboxylic acids is 1. The van der Waals surface area contributed by atoms with Gasteiger partial charge in [-0.3, -0.25) is 9.59 Å². The number of carbonyl (C=O) groups is 2. The number of nitrogens with one attached hydrogen (secondary N) is 1. The van der Waals surface area contributed by atoms with Crippen LogP contribution in [0.15, 0.2) is 35.2 Å². The molecule has 0 saturated heterocycles. The summed E-state index contributed by atoms with van der Waals surface area (Å²) in [4.78, 5) is 27.1. The standard InChI is InChI=1S/C15H15NO3S/c1-9-11(8-12(17)18)16-13(15(9)20-2)14(19)10-6-4-3-5-7-10/h3-7,16H,8H2,1-2H3,(H,17,18). The zero-order valence-electron chi connectivity index (χ0n) is 11.3. The minimum Gasteiger partial charge on any atom is -0.481 e. The van der Waals surface area contributed by atoms with E-state index in [4.69, 9.17) is 5.11 Å². The quantitative estimate of drug-likeness (QED) is 0.656. The van der Waals surface area contributed by atoms with E-state index in [1.54, 1.807) is 24.3 Å². The number of carboxylic acid groups (broad SMARTS) is 1. The van der Waals surface area contributed by atoms with Crippen molar-refractivity contribution in [3.8, 4) is 0 Å². The van der Waals surface area contributed by atoms with Crippen molar-refractivity contribution < 1.29 is 14.7 Å². The van der Waals surface area contributed by atoms with Crippen LogP contribution in [0, 0.1) is 6.92 Å². The molecule has 20 heavy (non-hydrogen) atoms. The molecule has 5 heteroatoms. The van der Waals surface area contributed by atoms with Crippen LogP contribution < -0.4 is 0 Å². The molecule has 1 aromatic carbocycles. The van der Waals surface area contributed by atoms with E-state index >= 15 is 0 Å². The average Bonchev–Trinajstić information content (AvgIpc) is 2.75. The molecule has 2 N–H and O–H groups in total. The highest BCUT2D eigenvalue weighted by Gasteiger charge is 2.21. The first kappa shape index (κ1) is 14.4. The summed E-state index contributed by atoms with van der Waals surface area (Å²) >= 11 is 1.45. The summed E-state index contributed by atoms with van der Waals surface area (Å²) in [5.74, 6) is -1.03. The second kappa shape index (κ2) is 5.96. The molecule has 4 nitrogen and oxygen atoms in total. The molecule has 0 atom stereocenters. The molecule has 1 aromatic heterocycles. The molecule has 0 unspecified atom stereocenters. The number of carboxylic acids is 1. The van der Waals surface area contributed by atoms with Crippen LogP contribution in [0.3, 0.4) is 0 Å². The molecule has 2 rings (SSSR count). The predicted molar refractivity (Wildman–Crippen MR) is 78.5 cm³/mol. The Morgan fingerprint density at radius 1 is 1.25 bits per heavy atom. The van der Waals surface area contributed by atoms with Gasteiger partial charge in [0.2, 0.25) is 5.78 Å². The molecular weight excluding hydrogens is 274 g/mol. The smallest absolute Gasteiger partial charge is 0.309 e. The summed E-state index contributed by atoms with van der Waals surface area (Å²) in [6.07, 6.45) is 1.77. The SMILES string of the molecule is CSc1c(C(=O)c2ccccc2)[nH]c(CC(=O)O)c1C. The number of thioether (sulfide) groups is 1. The van der Waals surface area contributed by atoms with Gasteiger partial charge >= 0.3 is 5.97 Å². The van der Waals surface area contributed by atoms with Gasteiger partial charge in [0.05, 0.1) is 6.42 Å². The van der Waals surface area contributed by atoms with E-state index in [1.807, 2.05) is 19.2 Å². The molecule has 104 valence electrons. The van der Waals surface area contributed by atoms with Crippen molar-refractivity contribution in [2.45, 2.75) is 18.2 Å². The van der Waals surface area contributed by atoms with E-state index in [9.17, 15) is 9.59 Å². The topological polar surface area (TPSA) is 70.2 Å². The monoisotopic (exact) mass is 289 g/mol. The Morgan fingerprint density at radius 2 is 1.90 bits per heavy atom. The Hall–Kier alpha value is -2.01. The van der Waals surface area contributed by atoms with Gasteiger partial charge in [0.25, 0.3) is 0 Å². The highest BCUT2D eigenvalue weighted by atomic mass is 32.2. The lowest BCUT2D eigenvalue weighted by atomic mass is 10.1. The van der Waals surface area contributed by atoms with Gasteiger partial charge in [-0.25, -0.2) is 0 Å². The lowest BCUT2D eigenvalue weighted by molar-refractivity contribution is -0.136. The van der Waals surface area contributed by atoms with Crippen LogP contribution in [0.5, 0.6) is 0 Å². The first-order chi connectivity index (χ1) is 9.54. The Labute approximate surface area is 121 Å². The van der Waals surface area contributed by atoms with Crippen LogP contribution in [-0.4, -0.2) is 28.1 Å². The molecule has 0 amide bonds. The van der Waals surface area contributed by atoms with Gasteiger partial charge in [-0.05, 0) is 18.7 Å². The third kappa shape index (κ3) is 2.77. The second-order valence-corrected chi connectivity index (χ2v) is 5.22. The van der Waals surface area contributed by atoms with Gasteiger partial charge in [0.1, 0.15) is 5.69 Å². The zero-order chi connectivity index (χ0) is 14.7. The van der Waals surface area contributed by atoms with Crippen LogP contribution in [-0.2, 0) is 11.2 Å². The third-order valence-electron chi connectivity index (χ3n) is 3.09. The molecule has 0 radical (unpaired) electrons. The van der Waals surface area contributed by atoms with Crippen LogP contribution in [0.2, 0.25) is 0 Å². The summed E-state index contributed by atoms with van der Waals surface area (Å²) in [7, 11) is 0. The van der Waals surface area contributed by atoms with Crippen molar-refractivity contribution in [3.05, 3.63) is 52.8 Å². The molecule has 0 aliphatic heterocycles. The van der Waals surface area contributed by atoms with Crippen LogP contribution in [0.4, 0.5) is 0 Å². The fourth-order valence-electron chi connectivity index (χ4n) is 2.10. The molecule has 0 aliphatic carbocycles. The van der Waals surface area contributed by atoms with E-state index in [0.29, 0.717) is 17.0 Å². The molecule has 0 saturated carbocycles. The summed E-state index contributed by atoms with van der Waals surface area (Å²) in [6.45, 7) is 1.84. The Kier molecular flexibility index (Phi) is 4.29. The lowest BCUT2D eigenvalue weighted by Crippen LogP contribution is -2.04. The van der Waals surface area contributed by atoms with Crippen molar-refractivity contribution in [1.29, 1.82) is 0 Å². The maximum atomic E-state index is 12.5. The highest BCUT2D eigenvalue weighted by Crippen LogP contribution is 2.29. The average molecular weight is 289 g/mol. The lowest BCUT2D eigenvalue weighted by Gasteiger charge is -2.01. The van der Waals surface area contributed by atoms with E-state index in [0.717, 1.165) is 10.5 Å². The van der Waals surface area contributed by atoms with E-state index in [1.165, 1.54) is 11.8 Å². The van der Waals surface area contributed by atoms with Gasteiger partial charge in [0.15, 0.2) is 0 Å². The molecule has 0 spiro atoms. The van der Waals surface area contributed by atoms with Crippen LogP contribution in [0.25, 0.3) is 0 Å². The van der Waals surface area contributed by atoms with Gasteiger partial charge in [0, 0.05) is 16.2 Å². The highest BCUT2D eigenvalue weighted by molar-refractivity contribution is 7.98. The largest absolute Gasteiger partial charge is 0.481 e. The van der Waals surface area contributed by atoms with Crippen molar-refractivity contribution in [2.24, 2.45) is 0 Å². The number of aliphatic carboxylic acids is 1. The van der Waals surface area contributed by atoms with Gasteiger partial charge in [-0.2, -0.15) is 0 Å². The Morgan fingerprint density at radius 3 is 2.45 bits per heavy atom. The van der Waals surface area contributed by atoms with Crippen molar-refractivity contribution >= 4 is 23.5 Å². The van der Waals surface area contributed by atoms with E-state index < -0.39 is 5.97 Å². The Bertz CT molecular complexity index is 647. The summed E-state index contributed by atoms with van der Waals surface area (Å²) in [6, 6.07) is 8.96. The van der Waals surface area contributed by atoms with Crippen LogP contribution >= 0.6 is 11.8 Å². The first-order valence-electron chi connectivity index (χ1n) is 6.11. The summed E-state index contributed by atoms with van der Waals surface area (Å²) in [5.41, 5.74) is 2.48. The number of rotatable bonds is 5. The fraction of sp³-hybridized carbons (Fsp3) is 0.200. The van der Waals surface area contributed by atoms with E-state index in [2.05, 4.69) is 4.98 Å². The number of H-pyrrole nitrogens is 1. The van der Waals surface area contributed by atoms with Crippen molar-refractivity contribution in [1.82, 2.24) is 4.98 Å². The Balaban J connectivity index is 2.46. The molecule has 0 bridgehead atoms. The predicted octanol–water partition coefficient (Wildman–Crippen LogP) is 2.90. The molecule has 0 fully saturated rings. The third-order valence-corrected chi connectivity index (χ3v) is 4.01. The molecular formula is C15H15NO3S. The summed E-state index contributed by atoms with van der Waals surface area (Å²) in [5, 5.41) is 8.91. The maximum Gasteiger partial charge on any atom is 0.309 e. The minimum absolute atomic E-state index is 0.110. The van der Waals surface area contributed by atoms with Crippen molar-refractivity contribution in [2.75, 3.05) is 6.26 Å². The van der Waals surface area contributed by atoms with Crippen molar-refractivity contribution in [3.63, 3.8) is 0 Å². The number of hydrogen-bond acceptors (Lipinski definition) is 3. The molecule has 0 aliphatic rings. The van der Waals surface area contributed by atoms with Crippen LogP contribution in [0.1, 0.15) is 27.3 Å². The van der Waals surface area contributed by atoms with Gasteiger partial charge in [-0.1, -0.05) is 30.3 Å². The molecule has 2 aromatic rings. The number of aromatic amines is 1. The number of hydrogen-bond donors (Lipinski definition) is 2. The normalized spacial score (nSPS) is 10.5. The molecule has 1 heterocycles. The zero-order valence-corrected chi connectivity index (χ0v) is 12.1. The number of aromatic nitrogens is 1. The summed E-state index contributed by atoms with van der Waals surface area (Å²) < 4.78 is 0. The maximum absolute atomic E-state index is 12.5. The van der Waals surface area contributed by atoms with E-state index in [-0.39, 0.29) is 12.2 Å². The van der Waals surface area contributed by atoms with Gasteiger partial charge in [-0.15, -0.1) is 11.8 Å². The minimum atomic E-state index is -0.916. The first-order valence-corrected chi connectivity index (χ1v) is 7.34. The second-order valence-electron chi connectivity index (χ2n) is 4.40.